The minimum Gasteiger partial charge on any atom is -0.465 e. The number of hydrogen-bond donors (Lipinski definition) is 1. The molecule has 0 aromatic rings. The van der Waals surface area contributed by atoms with E-state index in [-0.39, 0.29) is 5.92 Å². The van der Waals surface area contributed by atoms with E-state index in [0.29, 0.717) is 37.1 Å². The summed E-state index contributed by atoms with van der Waals surface area (Å²) in [4.78, 5) is 23.3. The molecule has 13 heavy (non-hydrogen) atoms. The Hall–Kier alpha value is -1.06. The van der Waals surface area contributed by atoms with Crippen LogP contribution in [0, 0.1) is 17.8 Å². The molecule has 0 aromatic heterocycles. The predicted octanol–water partition coefficient (Wildman–Crippen LogP) is 0.821. The zero-order chi connectivity index (χ0) is 9.59. The van der Waals surface area contributed by atoms with Gasteiger partial charge in [-0.3, -0.25) is 4.79 Å². The van der Waals surface area contributed by atoms with Crippen LogP contribution in [0.5, 0.6) is 0 Å². The normalized spacial score (nSPS) is 35.8. The third-order valence-electron chi connectivity index (χ3n) is 3.18. The fourth-order valence-corrected chi connectivity index (χ4v) is 2.40. The third kappa shape index (κ3) is 1.20. The molecule has 1 N–H and O–H groups in total. The van der Waals surface area contributed by atoms with Crippen LogP contribution in [0.1, 0.15) is 13.3 Å². The largest absolute Gasteiger partial charge is 0.465 e. The van der Waals surface area contributed by atoms with Gasteiger partial charge in [0.25, 0.3) is 0 Å². The maximum Gasteiger partial charge on any atom is 0.407 e. The van der Waals surface area contributed by atoms with Crippen LogP contribution in [0.2, 0.25) is 0 Å². The second-order valence-corrected chi connectivity index (χ2v) is 3.86. The van der Waals surface area contributed by atoms with Gasteiger partial charge in [0.15, 0.2) is 0 Å². The van der Waals surface area contributed by atoms with Gasteiger partial charge in [-0.1, -0.05) is 6.92 Å². The van der Waals surface area contributed by atoms with Crippen LogP contribution in [-0.4, -0.2) is 35.0 Å². The topological polar surface area (TPSA) is 57.6 Å². The lowest BCUT2D eigenvalue weighted by Crippen LogP contribution is -2.30. The Morgan fingerprint density at radius 3 is 2.31 bits per heavy atom. The number of carbonyl (C=O) groups excluding carboxylic acids is 1. The molecule has 4 nitrogen and oxygen atoms in total. The number of fused-ring (bicyclic) bond motifs is 1. The lowest BCUT2D eigenvalue weighted by Gasteiger charge is -2.14. The molecule has 1 saturated heterocycles. The van der Waals surface area contributed by atoms with Gasteiger partial charge in [-0.15, -0.1) is 0 Å². The molecular formula is C9H13NO3. The number of amides is 1. The van der Waals surface area contributed by atoms with Crippen LogP contribution in [0.25, 0.3) is 0 Å². The molecule has 4 heteroatoms. The van der Waals surface area contributed by atoms with Gasteiger partial charge in [-0.05, 0) is 11.8 Å². The summed E-state index contributed by atoms with van der Waals surface area (Å²) in [5.74, 6) is 1.16. The number of likely N-dealkylation sites (tertiary alicyclic amines) is 1. The Bertz CT molecular complexity index is 252. The van der Waals surface area contributed by atoms with Crippen LogP contribution >= 0.6 is 0 Å². The lowest BCUT2D eigenvalue weighted by molar-refractivity contribution is -0.120. The lowest BCUT2D eigenvalue weighted by atomic mass is 10.1. The molecule has 1 heterocycles. The van der Waals surface area contributed by atoms with E-state index in [4.69, 9.17) is 5.11 Å². The Kier molecular flexibility index (Phi) is 1.78. The summed E-state index contributed by atoms with van der Waals surface area (Å²) in [5.41, 5.74) is 0. The van der Waals surface area contributed by atoms with E-state index < -0.39 is 6.09 Å². The molecule has 1 aliphatic heterocycles. The summed E-state index contributed by atoms with van der Waals surface area (Å²) in [7, 11) is 0. The number of carbonyl (C=O) groups is 2. The Balaban J connectivity index is 1.90. The number of hydrogen-bond acceptors (Lipinski definition) is 2. The van der Waals surface area contributed by atoms with Crippen molar-refractivity contribution in [2.45, 2.75) is 13.3 Å². The molecule has 0 aromatic carbocycles. The minimum atomic E-state index is -0.852. The van der Waals surface area contributed by atoms with E-state index in [2.05, 4.69) is 0 Å². The number of piperidine rings is 1. The number of nitrogens with zero attached hydrogens (tertiary/aromatic N) is 1. The maximum absolute atomic E-state index is 11.3. The smallest absolute Gasteiger partial charge is 0.407 e. The summed E-state index contributed by atoms with van der Waals surface area (Å²) in [6, 6.07) is 0. The highest BCUT2D eigenvalue weighted by molar-refractivity contribution is 5.84. The van der Waals surface area contributed by atoms with Gasteiger partial charge in [0.2, 0.25) is 0 Å². The first kappa shape index (κ1) is 8.53. The van der Waals surface area contributed by atoms with Crippen molar-refractivity contribution >= 4 is 11.9 Å². The van der Waals surface area contributed by atoms with Crippen molar-refractivity contribution in [3.05, 3.63) is 0 Å². The first-order valence-corrected chi connectivity index (χ1v) is 4.65. The van der Waals surface area contributed by atoms with Gasteiger partial charge >= 0.3 is 6.09 Å². The van der Waals surface area contributed by atoms with E-state index in [1.54, 1.807) is 0 Å². The maximum atomic E-state index is 11.3. The molecule has 3 atom stereocenters. The van der Waals surface area contributed by atoms with Gasteiger partial charge in [0.05, 0.1) is 0 Å². The van der Waals surface area contributed by atoms with Gasteiger partial charge < -0.3 is 10.0 Å². The van der Waals surface area contributed by atoms with Crippen LogP contribution < -0.4 is 0 Å². The molecule has 1 saturated carbocycles. The molecule has 1 aliphatic carbocycles. The van der Waals surface area contributed by atoms with Crippen LogP contribution in [0.15, 0.2) is 0 Å². The van der Waals surface area contributed by atoms with Crippen LogP contribution in [-0.2, 0) is 4.79 Å². The highest BCUT2D eigenvalue weighted by Crippen LogP contribution is 2.52. The van der Waals surface area contributed by atoms with Crippen molar-refractivity contribution in [2.75, 3.05) is 13.1 Å². The summed E-state index contributed by atoms with van der Waals surface area (Å²) < 4.78 is 0. The number of rotatable bonds is 2. The number of Topliss-reactive ketones (excluding diaryl/α,β-unsaturated/α-hetero) is 1. The highest BCUT2D eigenvalue weighted by atomic mass is 16.4. The van der Waals surface area contributed by atoms with Crippen molar-refractivity contribution in [2.24, 2.45) is 17.8 Å². The van der Waals surface area contributed by atoms with Crippen LogP contribution in [0.3, 0.4) is 0 Å². The molecule has 0 spiro atoms. The second kappa shape index (κ2) is 2.72. The SMILES string of the molecule is CCC(=O)C1C2CN(C(=O)O)C[C@@H]21. The standard InChI is InChI=1S/C9H13NO3/c1-2-7(11)8-5-3-10(9(12)13)4-6(5)8/h5-6,8H,2-4H2,1H3,(H,12,13)/t5-,6?,8?/m0/s1. The molecule has 1 amide bonds. The van der Waals surface area contributed by atoms with E-state index >= 15 is 0 Å². The molecule has 2 rings (SSSR count). The fourth-order valence-electron chi connectivity index (χ4n) is 2.40. The van der Waals surface area contributed by atoms with E-state index in [9.17, 15) is 9.59 Å². The van der Waals surface area contributed by atoms with Crippen molar-refractivity contribution in [1.82, 2.24) is 4.90 Å². The van der Waals surface area contributed by atoms with Gasteiger partial charge in [-0.2, -0.15) is 0 Å². The summed E-state index contributed by atoms with van der Waals surface area (Å²) in [5, 5.41) is 8.67. The van der Waals surface area contributed by atoms with E-state index in [0.717, 1.165) is 0 Å². The summed E-state index contributed by atoms with van der Waals surface area (Å²) >= 11 is 0. The second-order valence-electron chi connectivity index (χ2n) is 3.86. The quantitative estimate of drug-likeness (QED) is 0.689. The van der Waals surface area contributed by atoms with Crippen LogP contribution in [0.4, 0.5) is 4.79 Å². The first-order valence-electron chi connectivity index (χ1n) is 4.65. The third-order valence-corrected chi connectivity index (χ3v) is 3.18. The minimum absolute atomic E-state index is 0.181. The van der Waals surface area contributed by atoms with Gasteiger partial charge in [0, 0.05) is 25.4 Å². The number of carboxylic acid groups (broad SMARTS) is 1. The average Bonchev–Trinajstić information content (AvgIpc) is 2.58. The Morgan fingerprint density at radius 1 is 1.38 bits per heavy atom. The zero-order valence-corrected chi connectivity index (χ0v) is 7.56. The first-order chi connectivity index (χ1) is 6.15. The predicted molar refractivity (Wildman–Crippen MR) is 45.4 cm³/mol. The van der Waals surface area contributed by atoms with Crippen molar-refractivity contribution in [1.29, 1.82) is 0 Å². The highest BCUT2D eigenvalue weighted by Gasteiger charge is 2.59. The Morgan fingerprint density at radius 2 is 1.92 bits per heavy atom. The van der Waals surface area contributed by atoms with Gasteiger partial charge in [0.1, 0.15) is 5.78 Å². The zero-order valence-electron chi connectivity index (χ0n) is 7.56. The fraction of sp³-hybridized carbons (Fsp3) is 0.778. The molecule has 2 unspecified atom stereocenters. The molecular weight excluding hydrogens is 170 g/mol. The number of ketones is 1. The molecule has 72 valence electrons. The Labute approximate surface area is 76.5 Å². The van der Waals surface area contributed by atoms with Crippen molar-refractivity contribution in [3.63, 3.8) is 0 Å². The van der Waals surface area contributed by atoms with Crippen molar-refractivity contribution < 1.29 is 14.7 Å². The van der Waals surface area contributed by atoms with Gasteiger partial charge in [-0.25, -0.2) is 4.79 Å². The molecule has 2 aliphatic rings. The van der Waals surface area contributed by atoms with Crippen molar-refractivity contribution in [3.8, 4) is 0 Å². The molecule has 0 bridgehead atoms. The van der Waals surface area contributed by atoms with E-state index in [1.165, 1.54) is 4.90 Å². The monoisotopic (exact) mass is 183 g/mol. The summed E-state index contributed by atoms with van der Waals surface area (Å²) in [6.07, 6.45) is -0.264. The molecule has 2 fully saturated rings. The molecule has 0 radical (unpaired) electrons. The van der Waals surface area contributed by atoms with E-state index in [1.807, 2.05) is 6.92 Å². The average molecular weight is 183 g/mol. The summed E-state index contributed by atoms with van der Waals surface area (Å²) in [6.45, 7) is 3.00.